The van der Waals surface area contributed by atoms with Crippen molar-refractivity contribution in [2.45, 2.75) is 17.6 Å². The van der Waals surface area contributed by atoms with Gasteiger partial charge in [-0.25, -0.2) is 0 Å². The highest BCUT2D eigenvalue weighted by Gasteiger charge is 2.10. The van der Waals surface area contributed by atoms with Crippen molar-refractivity contribution < 1.29 is 9.63 Å². The SMILES string of the molecule is Cc1cccc(-c2nc(CSc3ccccc3O)no2)c1. The molecule has 0 fully saturated rings. The van der Waals surface area contributed by atoms with Crippen LogP contribution in [0.1, 0.15) is 11.4 Å². The predicted molar refractivity (Wildman–Crippen MR) is 82.1 cm³/mol. The Balaban J connectivity index is 1.72. The van der Waals surface area contributed by atoms with Crippen LogP contribution in [0.3, 0.4) is 0 Å². The minimum absolute atomic E-state index is 0.268. The molecular weight excluding hydrogens is 284 g/mol. The second-order valence-electron chi connectivity index (χ2n) is 4.64. The molecule has 0 saturated heterocycles. The highest BCUT2D eigenvalue weighted by molar-refractivity contribution is 7.98. The van der Waals surface area contributed by atoms with Crippen LogP contribution < -0.4 is 0 Å². The van der Waals surface area contributed by atoms with E-state index in [9.17, 15) is 5.11 Å². The Hall–Kier alpha value is -2.27. The van der Waals surface area contributed by atoms with Crippen LogP contribution in [0.25, 0.3) is 11.5 Å². The minimum Gasteiger partial charge on any atom is -0.507 e. The fourth-order valence-corrected chi connectivity index (χ4v) is 2.72. The molecule has 1 heterocycles. The van der Waals surface area contributed by atoms with Crippen LogP contribution in [0.5, 0.6) is 5.75 Å². The Morgan fingerprint density at radius 1 is 1.14 bits per heavy atom. The standard InChI is InChI=1S/C16H14N2O2S/c1-11-5-4-6-12(9-11)16-17-15(18-20-16)10-21-14-8-3-2-7-13(14)19/h2-9,19H,10H2,1H3. The molecule has 106 valence electrons. The summed E-state index contributed by atoms with van der Waals surface area (Å²) < 4.78 is 5.29. The zero-order chi connectivity index (χ0) is 14.7. The molecule has 0 spiro atoms. The van der Waals surface area contributed by atoms with Gasteiger partial charge in [0.2, 0.25) is 0 Å². The van der Waals surface area contributed by atoms with Gasteiger partial charge in [-0.15, -0.1) is 11.8 Å². The number of nitrogens with zero attached hydrogens (tertiary/aromatic N) is 2. The summed E-state index contributed by atoms with van der Waals surface area (Å²) in [4.78, 5) is 5.19. The lowest BCUT2D eigenvalue weighted by Gasteiger charge is -2.00. The number of thioether (sulfide) groups is 1. The van der Waals surface area contributed by atoms with Crippen LogP contribution in [0.15, 0.2) is 57.9 Å². The molecule has 0 aliphatic heterocycles. The van der Waals surface area contributed by atoms with Crippen molar-refractivity contribution in [1.29, 1.82) is 0 Å². The molecule has 5 heteroatoms. The Kier molecular flexibility index (Phi) is 3.92. The summed E-state index contributed by atoms with van der Waals surface area (Å²) in [6, 6.07) is 15.1. The van der Waals surface area contributed by atoms with E-state index in [4.69, 9.17) is 4.52 Å². The van der Waals surface area contributed by atoms with Crippen molar-refractivity contribution in [3.63, 3.8) is 0 Å². The Morgan fingerprint density at radius 2 is 2.00 bits per heavy atom. The summed E-state index contributed by atoms with van der Waals surface area (Å²) in [6.07, 6.45) is 0. The van der Waals surface area contributed by atoms with Gasteiger partial charge in [-0.1, -0.05) is 35.0 Å². The molecular formula is C16H14N2O2S. The lowest BCUT2D eigenvalue weighted by Crippen LogP contribution is -1.85. The summed E-state index contributed by atoms with van der Waals surface area (Å²) in [7, 11) is 0. The number of para-hydroxylation sites is 1. The lowest BCUT2D eigenvalue weighted by atomic mass is 10.1. The van der Waals surface area contributed by atoms with Gasteiger partial charge in [0.05, 0.1) is 5.75 Å². The van der Waals surface area contributed by atoms with Gasteiger partial charge < -0.3 is 9.63 Å². The number of hydrogen-bond acceptors (Lipinski definition) is 5. The second kappa shape index (κ2) is 6.01. The summed E-state index contributed by atoms with van der Waals surface area (Å²) >= 11 is 1.48. The quantitative estimate of drug-likeness (QED) is 0.736. The van der Waals surface area contributed by atoms with Gasteiger partial charge in [0, 0.05) is 10.5 Å². The molecule has 21 heavy (non-hydrogen) atoms. The molecule has 0 atom stereocenters. The predicted octanol–water partition coefficient (Wildman–Crippen LogP) is 4.04. The van der Waals surface area contributed by atoms with E-state index < -0.39 is 0 Å². The molecule has 0 amide bonds. The van der Waals surface area contributed by atoms with Gasteiger partial charge in [-0.2, -0.15) is 4.98 Å². The summed E-state index contributed by atoms with van der Waals surface area (Å²) in [5.41, 5.74) is 2.07. The molecule has 0 radical (unpaired) electrons. The van der Waals surface area contributed by atoms with Crippen molar-refractivity contribution in [3.05, 3.63) is 59.9 Å². The molecule has 0 saturated carbocycles. The number of aromatic nitrogens is 2. The van der Waals surface area contributed by atoms with E-state index >= 15 is 0 Å². The summed E-state index contributed by atoms with van der Waals surface area (Å²) in [5.74, 6) is 1.95. The molecule has 2 aromatic carbocycles. The van der Waals surface area contributed by atoms with E-state index in [-0.39, 0.29) is 5.75 Å². The van der Waals surface area contributed by atoms with Gasteiger partial charge >= 0.3 is 0 Å². The third kappa shape index (κ3) is 3.25. The van der Waals surface area contributed by atoms with Crippen LogP contribution in [-0.2, 0) is 5.75 Å². The Labute approximate surface area is 126 Å². The van der Waals surface area contributed by atoms with E-state index in [1.54, 1.807) is 12.1 Å². The number of hydrogen-bond donors (Lipinski definition) is 1. The first-order chi connectivity index (χ1) is 10.2. The molecule has 4 nitrogen and oxygen atoms in total. The average molecular weight is 298 g/mol. The zero-order valence-corrected chi connectivity index (χ0v) is 12.3. The highest BCUT2D eigenvalue weighted by Crippen LogP contribution is 2.30. The first kappa shape index (κ1) is 13.7. The third-order valence-corrected chi connectivity index (χ3v) is 4.01. The van der Waals surface area contributed by atoms with E-state index in [2.05, 4.69) is 10.1 Å². The van der Waals surface area contributed by atoms with Crippen molar-refractivity contribution >= 4 is 11.8 Å². The maximum absolute atomic E-state index is 9.72. The molecule has 1 aromatic heterocycles. The number of benzene rings is 2. The fourth-order valence-electron chi connectivity index (χ4n) is 1.93. The number of aryl methyl sites for hydroxylation is 1. The Morgan fingerprint density at radius 3 is 2.81 bits per heavy atom. The van der Waals surface area contributed by atoms with Crippen LogP contribution in [-0.4, -0.2) is 15.2 Å². The normalized spacial score (nSPS) is 10.7. The van der Waals surface area contributed by atoms with Gasteiger partial charge in [0.1, 0.15) is 5.75 Å². The van der Waals surface area contributed by atoms with E-state index in [1.807, 2.05) is 43.3 Å². The smallest absolute Gasteiger partial charge is 0.257 e. The molecule has 0 unspecified atom stereocenters. The average Bonchev–Trinajstić information content (AvgIpc) is 2.95. The van der Waals surface area contributed by atoms with Crippen molar-refractivity contribution in [2.75, 3.05) is 0 Å². The third-order valence-electron chi connectivity index (χ3n) is 2.96. The van der Waals surface area contributed by atoms with Crippen molar-refractivity contribution in [3.8, 4) is 17.2 Å². The molecule has 3 aromatic rings. The topological polar surface area (TPSA) is 59.2 Å². The minimum atomic E-state index is 0.268. The largest absolute Gasteiger partial charge is 0.507 e. The van der Waals surface area contributed by atoms with Crippen LogP contribution >= 0.6 is 11.8 Å². The molecule has 0 aliphatic carbocycles. The first-order valence-corrected chi connectivity index (χ1v) is 7.51. The van der Waals surface area contributed by atoms with Crippen LogP contribution in [0.2, 0.25) is 0 Å². The molecule has 0 bridgehead atoms. The molecule has 1 N–H and O–H groups in total. The monoisotopic (exact) mass is 298 g/mol. The Bertz CT molecular complexity index is 755. The maximum Gasteiger partial charge on any atom is 0.257 e. The number of phenols is 1. The van der Waals surface area contributed by atoms with Crippen LogP contribution in [0, 0.1) is 6.92 Å². The zero-order valence-electron chi connectivity index (χ0n) is 11.5. The summed E-state index contributed by atoms with van der Waals surface area (Å²) in [5, 5.41) is 13.7. The van der Waals surface area contributed by atoms with Gasteiger partial charge in [0.25, 0.3) is 5.89 Å². The first-order valence-electron chi connectivity index (χ1n) is 6.53. The molecule has 3 rings (SSSR count). The molecule has 0 aliphatic rings. The van der Waals surface area contributed by atoms with Gasteiger partial charge in [-0.05, 0) is 31.2 Å². The van der Waals surface area contributed by atoms with Gasteiger partial charge in [-0.3, -0.25) is 0 Å². The van der Waals surface area contributed by atoms with Gasteiger partial charge in [0.15, 0.2) is 5.82 Å². The number of rotatable bonds is 4. The van der Waals surface area contributed by atoms with Crippen LogP contribution in [0.4, 0.5) is 0 Å². The van der Waals surface area contributed by atoms with E-state index in [0.29, 0.717) is 17.5 Å². The van der Waals surface area contributed by atoms with E-state index in [0.717, 1.165) is 16.0 Å². The maximum atomic E-state index is 9.72. The summed E-state index contributed by atoms with van der Waals surface area (Å²) in [6.45, 7) is 2.02. The van der Waals surface area contributed by atoms with E-state index in [1.165, 1.54) is 11.8 Å². The number of phenolic OH excluding ortho intramolecular Hbond substituents is 1. The second-order valence-corrected chi connectivity index (χ2v) is 5.66. The lowest BCUT2D eigenvalue weighted by molar-refractivity contribution is 0.425. The highest BCUT2D eigenvalue weighted by atomic mass is 32.2. The van der Waals surface area contributed by atoms with Crippen molar-refractivity contribution in [2.24, 2.45) is 0 Å². The number of aromatic hydroxyl groups is 1. The van der Waals surface area contributed by atoms with Crippen molar-refractivity contribution in [1.82, 2.24) is 10.1 Å². The fraction of sp³-hybridized carbons (Fsp3) is 0.125.